The predicted molar refractivity (Wildman–Crippen MR) is 74.0 cm³/mol. The third-order valence-electron chi connectivity index (χ3n) is 2.93. The lowest BCUT2D eigenvalue weighted by Crippen LogP contribution is -2.23. The highest BCUT2D eigenvalue weighted by Crippen LogP contribution is 2.09. The summed E-state index contributed by atoms with van der Waals surface area (Å²) in [5.41, 5.74) is 1.98. The minimum Gasteiger partial charge on any atom is -0.350 e. The standard InChI is InChI=1S/C13H21N5/c1-10(8-9-17(3)4)14-13-15-12-7-5-6-11(2)18(12)16-13/h5-7,10H,8-9H2,1-4H3,(H,14,16). The van der Waals surface area contributed by atoms with E-state index in [1.165, 1.54) is 0 Å². The van der Waals surface area contributed by atoms with E-state index in [0.717, 1.165) is 24.3 Å². The van der Waals surface area contributed by atoms with Crippen LogP contribution in [0.4, 0.5) is 5.95 Å². The van der Waals surface area contributed by atoms with Crippen molar-refractivity contribution in [2.45, 2.75) is 26.3 Å². The minimum absolute atomic E-state index is 0.366. The van der Waals surface area contributed by atoms with Crippen molar-refractivity contribution < 1.29 is 0 Å². The number of hydrogen-bond acceptors (Lipinski definition) is 4. The van der Waals surface area contributed by atoms with E-state index in [-0.39, 0.29) is 0 Å². The number of rotatable bonds is 5. The number of anilines is 1. The molecule has 0 bridgehead atoms. The molecule has 0 aromatic carbocycles. The minimum atomic E-state index is 0.366. The highest BCUT2D eigenvalue weighted by molar-refractivity contribution is 5.44. The normalized spacial score (nSPS) is 13.2. The maximum Gasteiger partial charge on any atom is 0.243 e. The Morgan fingerprint density at radius 2 is 2.17 bits per heavy atom. The average molecular weight is 247 g/mol. The van der Waals surface area contributed by atoms with Gasteiger partial charge < -0.3 is 10.2 Å². The summed E-state index contributed by atoms with van der Waals surface area (Å²) in [5, 5.41) is 7.80. The molecule has 1 N–H and O–H groups in total. The Bertz CT molecular complexity index is 517. The van der Waals surface area contributed by atoms with Gasteiger partial charge in [0.2, 0.25) is 5.95 Å². The fraction of sp³-hybridized carbons (Fsp3) is 0.538. The molecule has 1 atom stereocenters. The molecular formula is C13H21N5. The van der Waals surface area contributed by atoms with Crippen LogP contribution in [0, 0.1) is 6.92 Å². The van der Waals surface area contributed by atoms with E-state index >= 15 is 0 Å². The van der Waals surface area contributed by atoms with Crippen LogP contribution in [-0.2, 0) is 0 Å². The van der Waals surface area contributed by atoms with Gasteiger partial charge in [-0.3, -0.25) is 0 Å². The number of aryl methyl sites for hydroxylation is 1. The number of nitrogens with one attached hydrogen (secondary N) is 1. The Balaban J connectivity index is 2.05. The zero-order valence-electron chi connectivity index (χ0n) is 11.5. The third kappa shape index (κ3) is 2.98. The maximum atomic E-state index is 4.47. The third-order valence-corrected chi connectivity index (χ3v) is 2.93. The summed E-state index contributed by atoms with van der Waals surface area (Å²) in [6.07, 6.45) is 1.07. The molecule has 5 heteroatoms. The SMILES string of the molecule is Cc1cccc2nc(NC(C)CCN(C)C)nn12. The smallest absolute Gasteiger partial charge is 0.243 e. The lowest BCUT2D eigenvalue weighted by Gasteiger charge is -2.15. The van der Waals surface area contributed by atoms with Gasteiger partial charge in [-0.15, -0.1) is 5.10 Å². The van der Waals surface area contributed by atoms with E-state index < -0.39 is 0 Å². The molecule has 0 spiro atoms. The summed E-state index contributed by atoms with van der Waals surface area (Å²) >= 11 is 0. The molecular weight excluding hydrogens is 226 g/mol. The molecule has 2 aromatic rings. The molecule has 18 heavy (non-hydrogen) atoms. The molecule has 0 aliphatic heterocycles. The van der Waals surface area contributed by atoms with Crippen LogP contribution in [0.5, 0.6) is 0 Å². The molecule has 2 rings (SSSR count). The van der Waals surface area contributed by atoms with Crippen molar-refractivity contribution in [3.05, 3.63) is 23.9 Å². The van der Waals surface area contributed by atoms with Crippen molar-refractivity contribution in [2.75, 3.05) is 26.0 Å². The van der Waals surface area contributed by atoms with Gasteiger partial charge >= 0.3 is 0 Å². The van der Waals surface area contributed by atoms with Crippen molar-refractivity contribution in [1.29, 1.82) is 0 Å². The summed E-state index contributed by atoms with van der Waals surface area (Å²) in [4.78, 5) is 6.65. The van der Waals surface area contributed by atoms with Crippen molar-refractivity contribution in [2.24, 2.45) is 0 Å². The monoisotopic (exact) mass is 247 g/mol. The lowest BCUT2D eigenvalue weighted by molar-refractivity contribution is 0.390. The van der Waals surface area contributed by atoms with E-state index in [1.54, 1.807) is 0 Å². The molecule has 0 saturated heterocycles. The van der Waals surface area contributed by atoms with Gasteiger partial charge in [0.15, 0.2) is 5.65 Å². The van der Waals surface area contributed by atoms with Crippen LogP contribution in [0.1, 0.15) is 19.0 Å². The van der Waals surface area contributed by atoms with Gasteiger partial charge in [0.05, 0.1) is 0 Å². The first-order valence-electron chi connectivity index (χ1n) is 6.30. The number of aromatic nitrogens is 3. The number of pyridine rings is 1. The predicted octanol–water partition coefficient (Wildman–Crippen LogP) is 1.79. The molecule has 0 amide bonds. The Hall–Kier alpha value is -1.62. The molecule has 5 nitrogen and oxygen atoms in total. The van der Waals surface area contributed by atoms with Crippen LogP contribution in [0.15, 0.2) is 18.2 Å². The number of hydrogen-bond donors (Lipinski definition) is 1. The quantitative estimate of drug-likeness (QED) is 0.875. The molecule has 0 fully saturated rings. The molecule has 0 aliphatic rings. The van der Waals surface area contributed by atoms with Crippen LogP contribution in [0.2, 0.25) is 0 Å². The van der Waals surface area contributed by atoms with Gasteiger partial charge in [-0.05, 0) is 53.0 Å². The molecule has 2 heterocycles. The van der Waals surface area contributed by atoms with E-state index in [0.29, 0.717) is 12.0 Å². The number of nitrogens with zero attached hydrogens (tertiary/aromatic N) is 4. The lowest BCUT2D eigenvalue weighted by atomic mass is 10.2. The van der Waals surface area contributed by atoms with Gasteiger partial charge in [-0.25, -0.2) is 4.52 Å². The molecule has 2 aromatic heterocycles. The zero-order valence-corrected chi connectivity index (χ0v) is 11.5. The summed E-state index contributed by atoms with van der Waals surface area (Å²) in [7, 11) is 4.17. The van der Waals surface area contributed by atoms with E-state index in [1.807, 2.05) is 29.6 Å². The topological polar surface area (TPSA) is 45.5 Å². The summed E-state index contributed by atoms with van der Waals surface area (Å²) < 4.78 is 1.86. The molecule has 0 radical (unpaired) electrons. The summed E-state index contributed by atoms with van der Waals surface area (Å²) in [5.74, 6) is 0.704. The Morgan fingerprint density at radius 3 is 2.83 bits per heavy atom. The highest BCUT2D eigenvalue weighted by atomic mass is 15.4. The first-order valence-corrected chi connectivity index (χ1v) is 6.30. The van der Waals surface area contributed by atoms with Crippen molar-refractivity contribution in [3.8, 4) is 0 Å². The zero-order chi connectivity index (χ0) is 13.1. The molecule has 0 saturated carbocycles. The molecule has 1 unspecified atom stereocenters. The number of fused-ring (bicyclic) bond motifs is 1. The maximum absolute atomic E-state index is 4.47. The first-order chi connectivity index (χ1) is 8.56. The van der Waals surface area contributed by atoms with Crippen molar-refractivity contribution >= 4 is 11.6 Å². The van der Waals surface area contributed by atoms with Gasteiger partial charge in [0.25, 0.3) is 0 Å². The van der Waals surface area contributed by atoms with Crippen LogP contribution in [-0.4, -0.2) is 46.2 Å². The fourth-order valence-electron chi connectivity index (χ4n) is 1.84. The van der Waals surface area contributed by atoms with Gasteiger partial charge in [-0.1, -0.05) is 6.07 Å². The Labute approximate surface area is 108 Å². The first kappa shape index (κ1) is 12.8. The van der Waals surface area contributed by atoms with Crippen LogP contribution >= 0.6 is 0 Å². The van der Waals surface area contributed by atoms with Gasteiger partial charge in [0, 0.05) is 11.7 Å². The second-order valence-corrected chi connectivity index (χ2v) is 5.01. The fourth-order valence-corrected chi connectivity index (χ4v) is 1.84. The Morgan fingerprint density at radius 1 is 1.39 bits per heavy atom. The van der Waals surface area contributed by atoms with Crippen LogP contribution in [0.3, 0.4) is 0 Å². The van der Waals surface area contributed by atoms with E-state index in [4.69, 9.17) is 0 Å². The summed E-state index contributed by atoms with van der Waals surface area (Å²) in [6, 6.07) is 6.36. The molecule has 0 aliphatic carbocycles. The van der Waals surface area contributed by atoms with E-state index in [2.05, 4.69) is 41.3 Å². The summed E-state index contributed by atoms with van der Waals surface area (Å²) in [6.45, 7) is 5.24. The highest BCUT2D eigenvalue weighted by Gasteiger charge is 2.08. The second kappa shape index (κ2) is 5.35. The largest absolute Gasteiger partial charge is 0.350 e. The van der Waals surface area contributed by atoms with Gasteiger partial charge in [0.1, 0.15) is 0 Å². The van der Waals surface area contributed by atoms with Crippen molar-refractivity contribution in [3.63, 3.8) is 0 Å². The van der Waals surface area contributed by atoms with Gasteiger partial charge in [-0.2, -0.15) is 4.98 Å². The molecule has 98 valence electrons. The van der Waals surface area contributed by atoms with Crippen LogP contribution in [0.25, 0.3) is 5.65 Å². The average Bonchev–Trinajstić information content (AvgIpc) is 2.70. The van der Waals surface area contributed by atoms with E-state index in [9.17, 15) is 0 Å². The van der Waals surface area contributed by atoms with Crippen molar-refractivity contribution in [1.82, 2.24) is 19.5 Å². The Kier molecular flexibility index (Phi) is 3.81. The van der Waals surface area contributed by atoms with Crippen LogP contribution < -0.4 is 5.32 Å². The second-order valence-electron chi connectivity index (χ2n) is 5.01.